The zero-order valence-corrected chi connectivity index (χ0v) is 20.1. The normalized spacial score (nSPS) is 11.2. The average Bonchev–Trinajstić information content (AvgIpc) is 2.84. The molecule has 3 rings (SSSR count). The Balaban J connectivity index is 0.00000199. The van der Waals surface area contributed by atoms with Crippen molar-refractivity contribution in [1.29, 1.82) is 0 Å². The first-order valence-electron chi connectivity index (χ1n) is 11.0. The second-order valence-corrected chi connectivity index (χ2v) is 8.42. The van der Waals surface area contributed by atoms with Gasteiger partial charge in [0.2, 0.25) is 0 Å². The van der Waals surface area contributed by atoms with Crippen molar-refractivity contribution in [3.8, 4) is 11.5 Å². The second kappa shape index (κ2) is 11.5. The Morgan fingerprint density at radius 2 is 0.824 bits per heavy atom. The fraction of sp³-hybridized carbons (Fsp3) is 0.333. The molecular formula is C27H35NO6. The molecule has 0 bridgehead atoms. The Hall–Kier alpha value is -2.94. The van der Waals surface area contributed by atoms with Crippen LogP contribution >= 0.6 is 0 Å². The summed E-state index contributed by atoms with van der Waals surface area (Å²) in [6.45, 7) is 4.31. The molecule has 0 atom stereocenters. The predicted molar refractivity (Wildman–Crippen MR) is 131 cm³/mol. The lowest BCUT2D eigenvalue weighted by atomic mass is 9.69. The van der Waals surface area contributed by atoms with Crippen LogP contribution in [0.5, 0.6) is 11.5 Å². The van der Waals surface area contributed by atoms with Crippen LogP contribution in [0.2, 0.25) is 0 Å². The summed E-state index contributed by atoms with van der Waals surface area (Å²) in [6, 6.07) is 12.9. The highest BCUT2D eigenvalue weighted by molar-refractivity contribution is 5.58. The van der Waals surface area contributed by atoms with E-state index >= 15 is 0 Å². The summed E-state index contributed by atoms with van der Waals surface area (Å²) >= 11 is 0. The summed E-state index contributed by atoms with van der Waals surface area (Å²) in [6.07, 6.45) is 0. The molecule has 8 N–H and O–H groups in total. The highest BCUT2D eigenvalue weighted by Gasteiger charge is 2.34. The van der Waals surface area contributed by atoms with Crippen LogP contribution in [0.1, 0.15) is 57.0 Å². The quantitative estimate of drug-likeness (QED) is 0.263. The lowest BCUT2D eigenvalue weighted by Crippen LogP contribution is -2.27. The van der Waals surface area contributed by atoms with E-state index in [-0.39, 0.29) is 33.8 Å². The molecule has 3 aromatic rings. The van der Waals surface area contributed by atoms with Crippen molar-refractivity contribution in [2.24, 2.45) is 5.73 Å². The number of aromatic hydroxyl groups is 2. The third-order valence-electron chi connectivity index (χ3n) is 6.17. The number of rotatable bonds is 7. The molecule has 0 fully saturated rings. The molecule has 7 heteroatoms. The van der Waals surface area contributed by atoms with Gasteiger partial charge in [0.25, 0.3) is 0 Å². The first-order valence-corrected chi connectivity index (χ1v) is 11.0. The van der Waals surface area contributed by atoms with E-state index < -0.39 is 31.8 Å². The van der Waals surface area contributed by atoms with Crippen molar-refractivity contribution >= 4 is 0 Å². The standard InChI is InChI=1S/C26H30O6.CH5N/c1-15-4-16(2)6-21(5-15)26(3,22-7-17(11-27)24(31)18(8-22)12-28)23-9-19(13-29)25(32)20(10-23)14-30;1-2/h4-10,27-32H,11-14H2,1-3H3;2H2,1H3. The van der Waals surface area contributed by atoms with Crippen molar-refractivity contribution in [3.05, 3.63) is 92.5 Å². The molecule has 0 aliphatic heterocycles. The number of hydrogen-bond donors (Lipinski definition) is 7. The van der Waals surface area contributed by atoms with Crippen LogP contribution in [-0.4, -0.2) is 37.7 Å². The minimum atomic E-state index is -0.861. The molecule has 184 valence electrons. The minimum absolute atomic E-state index is 0.153. The van der Waals surface area contributed by atoms with Crippen LogP contribution in [0.25, 0.3) is 0 Å². The monoisotopic (exact) mass is 469 g/mol. The van der Waals surface area contributed by atoms with E-state index in [1.807, 2.05) is 39.0 Å². The predicted octanol–water partition coefficient (Wildman–Crippen LogP) is 2.61. The molecule has 0 spiro atoms. The van der Waals surface area contributed by atoms with E-state index in [1.54, 1.807) is 24.3 Å². The Morgan fingerprint density at radius 3 is 1.09 bits per heavy atom. The molecule has 3 aromatic carbocycles. The van der Waals surface area contributed by atoms with E-state index in [2.05, 4.69) is 5.73 Å². The van der Waals surface area contributed by atoms with Gasteiger partial charge >= 0.3 is 0 Å². The molecule has 0 heterocycles. The Bertz CT molecular complexity index is 1010. The van der Waals surface area contributed by atoms with Gasteiger partial charge in [0, 0.05) is 27.7 Å². The summed E-state index contributed by atoms with van der Waals surface area (Å²) in [7, 11) is 1.50. The fourth-order valence-electron chi connectivity index (χ4n) is 4.34. The number of aliphatic hydroxyl groups excluding tert-OH is 4. The Labute approximate surface area is 200 Å². The molecule has 0 unspecified atom stereocenters. The van der Waals surface area contributed by atoms with Crippen molar-refractivity contribution in [3.63, 3.8) is 0 Å². The first kappa shape index (κ1) is 27.3. The summed E-state index contributed by atoms with van der Waals surface area (Å²) in [5.74, 6) is -0.307. The maximum Gasteiger partial charge on any atom is 0.126 e. The molecule has 0 saturated carbocycles. The number of nitrogens with two attached hydrogens (primary N) is 1. The fourth-order valence-corrected chi connectivity index (χ4v) is 4.34. The molecular weight excluding hydrogens is 434 g/mol. The molecule has 0 amide bonds. The van der Waals surface area contributed by atoms with Gasteiger partial charge in [-0.25, -0.2) is 0 Å². The van der Waals surface area contributed by atoms with Crippen LogP contribution < -0.4 is 5.73 Å². The average molecular weight is 470 g/mol. The highest BCUT2D eigenvalue weighted by Crippen LogP contribution is 2.44. The lowest BCUT2D eigenvalue weighted by molar-refractivity contribution is 0.263. The van der Waals surface area contributed by atoms with Crippen molar-refractivity contribution in [2.45, 2.75) is 52.6 Å². The zero-order chi connectivity index (χ0) is 25.6. The first-order chi connectivity index (χ1) is 16.2. The summed E-state index contributed by atoms with van der Waals surface area (Å²) in [5.41, 5.74) is 9.16. The molecule has 0 radical (unpaired) electrons. The van der Waals surface area contributed by atoms with Crippen LogP contribution in [0, 0.1) is 13.8 Å². The van der Waals surface area contributed by atoms with E-state index in [0.717, 1.165) is 16.7 Å². The maximum absolute atomic E-state index is 10.4. The van der Waals surface area contributed by atoms with E-state index in [9.17, 15) is 30.6 Å². The second-order valence-electron chi connectivity index (χ2n) is 8.42. The molecule has 0 aliphatic rings. The number of hydrogen-bond acceptors (Lipinski definition) is 7. The Morgan fingerprint density at radius 1 is 0.559 bits per heavy atom. The number of benzene rings is 3. The SMILES string of the molecule is CN.Cc1cc(C)cc(C(C)(c2cc(CO)c(O)c(CO)c2)c2cc(CO)c(O)c(CO)c2)c1. The summed E-state index contributed by atoms with van der Waals surface area (Å²) in [4.78, 5) is 0. The summed E-state index contributed by atoms with van der Waals surface area (Å²) in [5, 5.41) is 60.1. The third-order valence-corrected chi connectivity index (χ3v) is 6.17. The van der Waals surface area contributed by atoms with Gasteiger partial charge in [-0.05, 0) is 68.8 Å². The number of aryl methyl sites for hydroxylation is 2. The smallest absolute Gasteiger partial charge is 0.126 e. The van der Waals surface area contributed by atoms with E-state index in [1.165, 1.54) is 7.05 Å². The molecule has 0 aromatic heterocycles. The van der Waals surface area contributed by atoms with E-state index in [4.69, 9.17) is 0 Å². The van der Waals surface area contributed by atoms with Gasteiger partial charge in [0.1, 0.15) is 11.5 Å². The van der Waals surface area contributed by atoms with Crippen molar-refractivity contribution in [2.75, 3.05) is 7.05 Å². The van der Waals surface area contributed by atoms with Gasteiger partial charge in [-0.2, -0.15) is 0 Å². The van der Waals surface area contributed by atoms with Crippen LogP contribution in [0.15, 0.2) is 42.5 Å². The van der Waals surface area contributed by atoms with Crippen LogP contribution in [0.3, 0.4) is 0 Å². The molecule has 0 saturated heterocycles. The topological polar surface area (TPSA) is 147 Å². The van der Waals surface area contributed by atoms with Crippen molar-refractivity contribution < 1.29 is 30.6 Å². The Kier molecular flexibility index (Phi) is 9.21. The molecule has 7 nitrogen and oxygen atoms in total. The largest absolute Gasteiger partial charge is 0.507 e. The maximum atomic E-state index is 10.4. The highest BCUT2D eigenvalue weighted by atomic mass is 16.3. The van der Waals surface area contributed by atoms with Crippen molar-refractivity contribution in [1.82, 2.24) is 0 Å². The van der Waals surface area contributed by atoms with Crippen LogP contribution in [0.4, 0.5) is 0 Å². The van der Waals surface area contributed by atoms with E-state index in [0.29, 0.717) is 11.1 Å². The molecule has 0 aliphatic carbocycles. The number of aliphatic hydroxyl groups is 4. The third kappa shape index (κ3) is 5.09. The van der Waals surface area contributed by atoms with Gasteiger partial charge in [-0.1, -0.05) is 29.3 Å². The van der Waals surface area contributed by atoms with Crippen LogP contribution in [-0.2, 0) is 31.8 Å². The zero-order valence-electron chi connectivity index (χ0n) is 20.1. The van der Waals surface area contributed by atoms with Gasteiger partial charge in [-0.15, -0.1) is 0 Å². The van der Waals surface area contributed by atoms with Gasteiger partial charge in [0.15, 0.2) is 0 Å². The lowest BCUT2D eigenvalue weighted by Gasteiger charge is -2.34. The molecule has 34 heavy (non-hydrogen) atoms. The van der Waals surface area contributed by atoms with Gasteiger partial charge in [-0.3, -0.25) is 0 Å². The van der Waals surface area contributed by atoms with Gasteiger partial charge < -0.3 is 36.4 Å². The number of phenols is 2. The summed E-state index contributed by atoms with van der Waals surface area (Å²) < 4.78 is 0. The minimum Gasteiger partial charge on any atom is -0.507 e. The van der Waals surface area contributed by atoms with Gasteiger partial charge in [0.05, 0.1) is 26.4 Å².